The van der Waals surface area contributed by atoms with Crippen LogP contribution in [-0.4, -0.2) is 12.7 Å². The zero-order chi connectivity index (χ0) is 13.6. The van der Waals surface area contributed by atoms with Crippen LogP contribution in [0.3, 0.4) is 0 Å². The van der Waals surface area contributed by atoms with Crippen LogP contribution in [-0.2, 0) is 23.1 Å². The maximum atomic E-state index is 12.6. The summed E-state index contributed by atoms with van der Waals surface area (Å²) in [6.07, 6.45) is 0. The SMILES string of the molecule is Cc1cc(S(=O)(=O)N2Cc3ccccc3C2)sc1Br. The molecule has 0 saturated heterocycles. The molecule has 0 fully saturated rings. The minimum Gasteiger partial charge on any atom is -0.206 e. The molecule has 3 rings (SSSR count). The second-order valence-corrected chi connectivity index (χ2v) is 9.10. The second kappa shape index (κ2) is 4.70. The first-order valence-corrected chi connectivity index (χ1v) is 8.86. The zero-order valence-electron chi connectivity index (χ0n) is 10.3. The second-order valence-electron chi connectivity index (χ2n) is 4.56. The highest BCUT2D eigenvalue weighted by atomic mass is 79.9. The minimum atomic E-state index is -3.39. The van der Waals surface area contributed by atoms with Crippen LogP contribution in [0.5, 0.6) is 0 Å². The van der Waals surface area contributed by atoms with Gasteiger partial charge in [0.2, 0.25) is 0 Å². The molecule has 0 saturated carbocycles. The van der Waals surface area contributed by atoms with E-state index in [2.05, 4.69) is 15.9 Å². The van der Waals surface area contributed by atoms with E-state index in [1.54, 1.807) is 6.07 Å². The van der Waals surface area contributed by atoms with Gasteiger partial charge in [-0.15, -0.1) is 11.3 Å². The summed E-state index contributed by atoms with van der Waals surface area (Å²) in [7, 11) is -3.39. The lowest BCUT2D eigenvalue weighted by Gasteiger charge is -2.13. The fourth-order valence-electron chi connectivity index (χ4n) is 2.16. The largest absolute Gasteiger partial charge is 0.253 e. The zero-order valence-corrected chi connectivity index (χ0v) is 13.5. The van der Waals surface area contributed by atoms with Gasteiger partial charge < -0.3 is 0 Å². The molecular formula is C13H12BrNO2S2. The summed E-state index contributed by atoms with van der Waals surface area (Å²) in [4.78, 5) is 0. The maximum Gasteiger partial charge on any atom is 0.253 e. The molecule has 19 heavy (non-hydrogen) atoms. The van der Waals surface area contributed by atoms with Crippen LogP contribution < -0.4 is 0 Å². The van der Waals surface area contributed by atoms with Gasteiger partial charge in [0.05, 0.1) is 3.79 Å². The predicted molar refractivity (Wildman–Crippen MR) is 79.6 cm³/mol. The van der Waals surface area contributed by atoms with Crippen molar-refractivity contribution >= 4 is 37.3 Å². The number of aryl methyl sites for hydroxylation is 1. The van der Waals surface area contributed by atoms with Crippen molar-refractivity contribution in [1.29, 1.82) is 0 Å². The topological polar surface area (TPSA) is 37.4 Å². The standard InChI is InChI=1S/C13H12BrNO2S2/c1-9-6-12(18-13(9)14)19(16,17)15-7-10-4-2-3-5-11(10)8-15/h2-6H,7-8H2,1H3. The number of hydrogen-bond acceptors (Lipinski definition) is 3. The molecule has 100 valence electrons. The van der Waals surface area contributed by atoms with Gasteiger partial charge in [0.25, 0.3) is 10.0 Å². The molecular weight excluding hydrogens is 346 g/mol. The van der Waals surface area contributed by atoms with Gasteiger partial charge in [0.15, 0.2) is 0 Å². The van der Waals surface area contributed by atoms with Gasteiger partial charge in [-0.1, -0.05) is 24.3 Å². The van der Waals surface area contributed by atoms with Crippen molar-refractivity contribution in [3.05, 3.63) is 50.8 Å². The molecule has 0 N–H and O–H groups in total. The Morgan fingerprint density at radius 3 is 2.26 bits per heavy atom. The van der Waals surface area contributed by atoms with E-state index in [9.17, 15) is 8.42 Å². The van der Waals surface area contributed by atoms with Crippen LogP contribution >= 0.6 is 27.3 Å². The summed E-state index contributed by atoms with van der Waals surface area (Å²) >= 11 is 4.65. The molecule has 0 spiro atoms. The van der Waals surface area contributed by atoms with E-state index in [4.69, 9.17) is 0 Å². The lowest BCUT2D eigenvalue weighted by Crippen LogP contribution is -2.24. The summed E-state index contributed by atoms with van der Waals surface area (Å²) < 4.78 is 28.0. The van der Waals surface area contributed by atoms with Crippen molar-refractivity contribution in [1.82, 2.24) is 4.31 Å². The minimum absolute atomic E-state index is 0.407. The van der Waals surface area contributed by atoms with Gasteiger partial charge in [-0.25, -0.2) is 8.42 Å². The summed E-state index contributed by atoms with van der Waals surface area (Å²) in [6, 6.07) is 9.59. The van der Waals surface area contributed by atoms with Crippen LogP contribution in [0, 0.1) is 6.92 Å². The number of fused-ring (bicyclic) bond motifs is 1. The number of halogens is 1. The van der Waals surface area contributed by atoms with Gasteiger partial charge >= 0.3 is 0 Å². The molecule has 0 amide bonds. The summed E-state index contributed by atoms with van der Waals surface area (Å²) in [5, 5.41) is 0. The molecule has 0 atom stereocenters. The number of thiophene rings is 1. The number of nitrogens with zero attached hydrogens (tertiary/aromatic N) is 1. The molecule has 1 aliphatic heterocycles. The van der Waals surface area contributed by atoms with E-state index in [1.165, 1.54) is 15.6 Å². The van der Waals surface area contributed by atoms with E-state index in [-0.39, 0.29) is 0 Å². The monoisotopic (exact) mass is 357 g/mol. The molecule has 0 aliphatic carbocycles. The Morgan fingerprint density at radius 2 is 1.79 bits per heavy atom. The number of rotatable bonds is 2. The smallest absolute Gasteiger partial charge is 0.206 e. The number of benzene rings is 1. The molecule has 0 unspecified atom stereocenters. The fraction of sp³-hybridized carbons (Fsp3) is 0.231. The maximum absolute atomic E-state index is 12.6. The van der Waals surface area contributed by atoms with Crippen LogP contribution in [0.4, 0.5) is 0 Å². The Kier molecular flexibility index (Phi) is 3.29. The van der Waals surface area contributed by atoms with Gasteiger partial charge in [-0.2, -0.15) is 4.31 Å². The summed E-state index contributed by atoms with van der Waals surface area (Å²) in [6.45, 7) is 2.83. The van der Waals surface area contributed by atoms with Crippen LogP contribution in [0.25, 0.3) is 0 Å². The van der Waals surface area contributed by atoms with Crippen LogP contribution in [0.1, 0.15) is 16.7 Å². The summed E-state index contributed by atoms with van der Waals surface area (Å²) in [5.74, 6) is 0. The van der Waals surface area contributed by atoms with Crippen molar-refractivity contribution in [3.8, 4) is 0 Å². The molecule has 1 aromatic carbocycles. The fourth-order valence-corrected chi connectivity index (χ4v) is 5.94. The van der Waals surface area contributed by atoms with Crippen molar-refractivity contribution < 1.29 is 8.42 Å². The molecule has 1 aromatic heterocycles. The van der Waals surface area contributed by atoms with Crippen molar-refractivity contribution in [3.63, 3.8) is 0 Å². The van der Waals surface area contributed by atoms with Gasteiger partial charge in [0, 0.05) is 13.1 Å². The van der Waals surface area contributed by atoms with E-state index in [1.807, 2.05) is 31.2 Å². The number of hydrogen-bond donors (Lipinski definition) is 0. The highest BCUT2D eigenvalue weighted by Crippen LogP contribution is 2.35. The quantitative estimate of drug-likeness (QED) is 0.824. The van der Waals surface area contributed by atoms with E-state index < -0.39 is 10.0 Å². The van der Waals surface area contributed by atoms with Gasteiger partial charge in [0.1, 0.15) is 4.21 Å². The third kappa shape index (κ3) is 2.27. The van der Waals surface area contributed by atoms with Gasteiger partial charge in [-0.05, 0) is 45.6 Å². The first kappa shape index (κ1) is 13.3. The molecule has 2 heterocycles. The van der Waals surface area contributed by atoms with Crippen molar-refractivity contribution in [2.45, 2.75) is 24.2 Å². The Morgan fingerprint density at radius 1 is 1.21 bits per heavy atom. The van der Waals surface area contributed by atoms with E-state index in [0.29, 0.717) is 17.3 Å². The van der Waals surface area contributed by atoms with Gasteiger partial charge in [-0.3, -0.25) is 0 Å². The lowest BCUT2D eigenvalue weighted by molar-refractivity contribution is 0.433. The van der Waals surface area contributed by atoms with E-state index >= 15 is 0 Å². The van der Waals surface area contributed by atoms with Crippen molar-refractivity contribution in [2.75, 3.05) is 0 Å². The average Bonchev–Trinajstić information content (AvgIpc) is 2.94. The summed E-state index contributed by atoms with van der Waals surface area (Å²) in [5.41, 5.74) is 3.15. The Hall–Kier alpha value is -0.690. The van der Waals surface area contributed by atoms with Crippen LogP contribution in [0.15, 0.2) is 38.3 Å². The third-order valence-corrected chi connectivity index (χ3v) is 7.62. The molecule has 0 radical (unpaired) electrons. The first-order valence-electron chi connectivity index (χ1n) is 5.81. The molecule has 1 aliphatic rings. The van der Waals surface area contributed by atoms with Crippen LogP contribution in [0.2, 0.25) is 0 Å². The highest BCUT2D eigenvalue weighted by Gasteiger charge is 2.31. The lowest BCUT2D eigenvalue weighted by atomic mass is 10.1. The Bertz CT molecular complexity index is 692. The van der Waals surface area contributed by atoms with Crippen molar-refractivity contribution in [2.24, 2.45) is 0 Å². The van der Waals surface area contributed by atoms with E-state index in [0.717, 1.165) is 20.5 Å². The Labute approximate surface area is 125 Å². The molecule has 6 heteroatoms. The molecule has 3 nitrogen and oxygen atoms in total. The molecule has 2 aromatic rings. The average molecular weight is 358 g/mol. The predicted octanol–water partition coefficient (Wildman–Crippen LogP) is 3.52. The normalized spacial score (nSPS) is 15.7. The first-order chi connectivity index (χ1) is 8.98. The number of sulfonamides is 1. The third-order valence-electron chi connectivity index (χ3n) is 3.24. The highest BCUT2D eigenvalue weighted by molar-refractivity contribution is 9.11. The molecule has 0 bridgehead atoms. The Balaban J connectivity index is 1.96.